The van der Waals surface area contributed by atoms with E-state index in [0.29, 0.717) is 25.7 Å². The first kappa shape index (κ1) is 22.4. The highest BCUT2D eigenvalue weighted by molar-refractivity contribution is 14.0. The summed E-state index contributed by atoms with van der Waals surface area (Å²) in [7, 11) is 0. The minimum absolute atomic E-state index is 0. The van der Waals surface area contributed by atoms with Gasteiger partial charge in [-0.05, 0) is 42.5 Å². The Morgan fingerprint density at radius 1 is 1.31 bits per heavy atom. The number of guanidine groups is 1. The number of aliphatic imine (C=N–C) groups is 1. The van der Waals surface area contributed by atoms with Crippen molar-refractivity contribution in [3.8, 4) is 11.5 Å². The predicted molar refractivity (Wildman–Crippen MR) is 111 cm³/mol. The Bertz CT molecular complexity index is 685. The Morgan fingerprint density at radius 2 is 2.12 bits per heavy atom. The first-order chi connectivity index (χ1) is 12.1. The molecule has 2 rings (SSSR count). The summed E-state index contributed by atoms with van der Waals surface area (Å²) in [6.45, 7) is 0.227. The van der Waals surface area contributed by atoms with Crippen LogP contribution in [0.4, 0.5) is 8.78 Å². The summed E-state index contributed by atoms with van der Waals surface area (Å²) in [6, 6.07) is 8.81. The van der Waals surface area contributed by atoms with Crippen LogP contribution >= 0.6 is 35.3 Å². The smallest absolute Gasteiger partial charge is 0.387 e. The standard InChI is InChI=1S/C17H21F2N3O2S.HI/c1-2-23-15-10-12(5-6-14(15)24-16(18)19)11-22-17(20)21-8-7-13-4-3-9-25-13;/h3-6,9-10,16H,2,7-8,11H2,1H3,(H3,20,21,22);1H. The lowest BCUT2D eigenvalue weighted by atomic mass is 10.2. The largest absolute Gasteiger partial charge is 0.490 e. The first-order valence-corrected chi connectivity index (χ1v) is 8.73. The summed E-state index contributed by atoms with van der Waals surface area (Å²) in [6.07, 6.45) is 0.877. The van der Waals surface area contributed by atoms with Crippen LogP contribution in [-0.2, 0) is 13.0 Å². The van der Waals surface area contributed by atoms with Crippen molar-refractivity contribution in [2.75, 3.05) is 13.2 Å². The van der Waals surface area contributed by atoms with Gasteiger partial charge in [0.15, 0.2) is 17.5 Å². The molecule has 3 N–H and O–H groups in total. The Balaban J connectivity index is 0.00000338. The molecular weight excluding hydrogens is 475 g/mol. The maximum atomic E-state index is 12.4. The van der Waals surface area contributed by atoms with Crippen molar-refractivity contribution in [2.45, 2.75) is 26.5 Å². The minimum Gasteiger partial charge on any atom is -0.490 e. The number of nitrogens with two attached hydrogens (primary N) is 1. The molecule has 0 aliphatic rings. The van der Waals surface area contributed by atoms with Gasteiger partial charge in [-0.3, -0.25) is 0 Å². The lowest BCUT2D eigenvalue weighted by Crippen LogP contribution is -2.33. The summed E-state index contributed by atoms with van der Waals surface area (Å²) >= 11 is 1.70. The fraction of sp³-hybridized carbons (Fsp3) is 0.353. The number of nitrogens with zero attached hydrogens (tertiary/aromatic N) is 1. The number of alkyl halides is 2. The van der Waals surface area contributed by atoms with Crippen LogP contribution < -0.4 is 20.5 Å². The second kappa shape index (κ2) is 11.9. The molecule has 144 valence electrons. The molecule has 26 heavy (non-hydrogen) atoms. The second-order valence-corrected chi connectivity index (χ2v) is 6.08. The molecule has 0 spiro atoms. The van der Waals surface area contributed by atoms with Crippen LogP contribution in [0.25, 0.3) is 0 Å². The molecule has 0 amide bonds. The highest BCUT2D eigenvalue weighted by atomic mass is 127. The number of halogens is 3. The SMILES string of the molecule is CCOc1cc(CN=C(N)NCCc2cccs2)ccc1OC(F)F.I. The predicted octanol–water partition coefficient (Wildman–Crippen LogP) is 4.01. The zero-order chi connectivity index (χ0) is 18.1. The van der Waals surface area contributed by atoms with Gasteiger partial charge >= 0.3 is 6.61 Å². The minimum atomic E-state index is -2.90. The summed E-state index contributed by atoms with van der Waals surface area (Å²) in [5.41, 5.74) is 6.63. The van der Waals surface area contributed by atoms with E-state index < -0.39 is 6.61 Å². The summed E-state index contributed by atoms with van der Waals surface area (Å²) < 4.78 is 34.6. The molecular formula is C17H22F2IN3O2S. The van der Waals surface area contributed by atoms with Gasteiger partial charge in [0.2, 0.25) is 0 Å². The van der Waals surface area contributed by atoms with Crippen molar-refractivity contribution in [3.05, 3.63) is 46.2 Å². The van der Waals surface area contributed by atoms with Crippen molar-refractivity contribution in [1.82, 2.24) is 5.32 Å². The second-order valence-electron chi connectivity index (χ2n) is 5.05. The van der Waals surface area contributed by atoms with Crippen LogP contribution in [0.3, 0.4) is 0 Å². The van der Waals surface area contributed by atoms with E-state index in [0.717, 1.165) is 12.0 Å². The van der Waals surface area contributed by atoms with Gasteiger partial charge in [-0.15, -0.1) is 35.3 Å². The molecule has 2 aromatic rings. The fourth-order valence-electron chi connectivity index (χ4n) is 2.11. The van der Waals surface area contributed by atoms with Gasteiger partial charge in [-0.25, -0.2) is 4.99 Å². The van der Waals surface area contributed by atoms with Crippen LogP contribution in [0.15, 0.2) is 40.7 Å². The number of rotatable bonds is 9. The van der Waals surface area contributed by atoms with Crippen molar-refractivity contribution >= 4 is 41.3 Å². The van der Waals surface area contributed by atoms with Crippen molar-refractivity contribution in [2.24, 2.45) is 10.7 Å². The van der Waals surface area contributed by atoms with E-state index in [1.165, 1.54) is 10.9 Å². The maximum absolute atomic E-state index is 12.4. The zero-order valence-electron chi connectivity index (χ0n) is 14.3. The molecule has 1 heterocycles. The van der Waals surface area contributed by atoms with E-state index in [4.69, 9.17) is 10.5 Å². The molecule has 0 saturated carbocycles. The molecule has 0 aliphatic carbocycles. The average molecular weight is 497 g/mol. The zero-order valence-corrected chi connectivity index (χ0v) is 17.4. The lowest BCUT2D eigenvalue weighted by Gasteiger charge is -2.12. The molecule has 9 heteroatoms. The normalized spacial score (nSPS) is 11.2. The van der Waals surface area contributed by atoms with Gasteiger partial charge < -0.3 is 20.5 Å². The molecule has 0 saturated heterocycles. The lowest BCUT2D eigenvalue weighted by molar-refractivity contribution is -0.0514. The molecule has 0 fully saturated rings. The Kier molecular flexibility index (Phi) is 10.3. The van der Waals surface area contributed by atoms with Gasteiger partial charge in [0.25, 0.3) is 0 Å². The molecule has 0 bridgehead atoms. The van der Waals surface area contributed by atoms with Crippen LogP contribution in [0, 0.1) is 0 Å². The number of ether oxygens (including phenoxy) is 2. The van der Waals surface area contributed by atoms with Crippen molar-refractivity contribution in [3.63, 3.8) is 0 Å². The van der Waals surface area contributed by atoms with E-state index in [1.54, 1.807) is 30.4 Å². The molecule has 5 nitrogen and oxygen atoms in total. The van der Waals surface area contributed by atoms with Crippen molar-refractivity contribution in [1.29, 1.82) is 0 Å². The molecule has 0 unspecified atom stereocenters. The van der Waals surface area contributed by atoms with Crippen LogP contribution in [-0.4, -0.2) is 25.7 Å². The number of hydrogen-bond acceptors (Lipinski definition) is 4. The summed E-state index contributed by atoms with van der Waals surface area (Å²) in [5.74, 6) is 0.605. The highest BCUT2D eigenvalue weighted by Gasteiger charge is 2.11. The van der Waals surface area contributed by atoms with Gasteiger partial charge in [-0.2, -0.15) is 8.78 Å². The number of benzene rings is 1. The number of thiophene rings is 1. The van der Waals surface area contributed by atoms with Crippen LogP contribution in [0.5, 0.6) is 11.5 Å². The third-order valence-corrected chi connectivity index (χ3v) is 4.15. The Morgan fingerprint density at radius 3 is 2.77 bits per heavy atom. The molecule has 1 aromatic heterocycles. The number of hydrogen-bond donors (Lipinski definition) is 2. The quantitative estimate of drug-likeness (QED) is 0.312. The molecule has 1 aromatic carbocycles. The third kappa shape index (κ3) is 7.73. The van der Waals surface area contributed by atoms with E-state index in [-0.39, 0.29) is 35.5 Å². The first-order valence-electron chi connectivity index (χ1n) is 7.85. The fourth-order valence-corrected chi connectivity index (χ4v) is 2.82. The number of nitrogens with one attached hydrogen (secondary N) is 1. The van der Waals surface area contributed by atoms with E-state index in [1.807, 2.05) is 11.4 Å². The van der Waals surface area contributed by atoms with Crippen molar-refractivity contribution < 1.29 is 18.3 Å². The summed E-state index contributed by atoms with van der Waals surface area (Å²) in [4.78, 5) is 5.52. The van der Waals surface area contributed by atoms with E-state index >= 15 is 0 Å². The highest BCUT2D eigenvalue weighted by Crippen LogP contribution is 2.30. The van der Waals surface area contributed by atoms with Gasteiger partial charge in [0.1, 0.15) is 0 Å². The van der Waals surface area contributed by atoms with Gasteiger partial charge in [0.05, 0.1) is 13.2 Å². The van der Waals surface area contributed by atoms with E-state index in [9.17, 15) is 8.78 Å². The Labute approximate surface area is 172 Å². The average Bonchev–Trinajstić information content (AvgIpc) is 3.08. The van der Waals surface area contributed by atoms with Crippen LogP contribution in [0.2, 0.25) is 0 Å². The molecule has 0 radical (unpaired) electrons. The third-order valence-electron chi connectivity index (χ3n) is 3.21. The monoisotopic (exact) mass is 497 g/mol. The Hall–Kier alpha value is -1.62. The molecule has 0 atom stereocenters. The van der Waals surface area contributed by atoms with Crippen LogP contribution in [0.1, 0.15) is 17.4 Å². The summed E-state index contributed by atoms with van der Waals surface area (Å²) in [5, 5.41) is 5.08. The topological polar surface area (TPSA) is 68.9 Å². The van der Waals surface area contributed by atoms with Gasteiger partial charge in [-0.1, -0.05) is 12.1 Å². The molecule has 0 aliphatic heterocycles. The van der Waals surface area contributed by atoms with E-state index in [2.05, 4.69) is 21.1 Å². The van der Waals surface area contributed by atoms with Gasteiger partial charge in [0, 0.05) is 11.4 Å². The maximum Gasteiger partial charge on any atom is 0.387 e.